The van der Waals surface area contributed by atoms with Crippen molar-refractivity contribution in [2.45, 2.75) is 159 Å². The Kier molecular flexibility index (Phi) is 21.2. The minimum Gasteiger partial charge on any atom is -0.481 e. The third kappa shape index (κ3) is 13.9. The smallest absolute Gasteiger partial charge is 0.303 e. The third-order valence-corrected chi connectivity index (χ3v) is 17.3. The Bertz CT molecular complexity index is 4140. The summed E-state index contributed by atoms with van der Waals surface area (Å²) in [6, 6.07) is 15.0. The van der Waals surface area contributed by atoms with E-state index in [9.17, 15) is 60.0 Å². The molecule has 0 spiro atoms. The molecule has 476 valence electrons. The SMILES string of the molecule is CC1=C(CCC(=O)O)c2cc3nc(cc4[nH]c(cc5[nH]c(cc1n2)c(C)c5C(C)O)c(C)c4C(C)O)C(C)=C3CCC(=O)O.CC1=C(CCC(=O)O)c2cc3nc(cc4[nH]c(cc5[nH]c(cc1n2)c(C)c5C(C)O)c(C)c4C(C)O)C(C)=C3CCC(=O)O.Cl.Cl. The molecule has 0 saturated carbocycles. The molecule has 4 aliphatic rings. The van der Waals surface area contributed by atoms with Crippen LogP contribution >= 0.6 is 24.8 Å². The number of hydrogen-bond donors (Lipinski definition) is 12. The highest BCUT2D eigenvalue weighted by atomic mass is 35.5. The minimum absolute atomic E-state index is 0. The number of fused-ring (bicyclic) bond motifs is 16. The van der Waals surface area contributed by atoms with Gasteiger partial charge < -0.3 is 60.8 Å². The van der Waals surface area contributed by atoms with E-state index in [1.165, 1.54) is 0 Å². The summed E-state index contributed by atoms with van der Waals surface area (Å²) in [5.74, 6) is -3.68. The van der Waals surface area contributed by atoms with Gasteiger partial charge in [0.05, 0.1) is 70.0 Å². The first-order valence-electron chi connectivity index (χ1n) is 29.4. The average molecular weight is 1270 g/mol. The van der Waals surface area contributed by atoms with E-state index in [0.717, 1.165) is 100 Å². The zero-order chi connectivity index (χ0) is 64.1. The van der Waals surface area contributed by atoms with E-state index in [2.05, 4.69) is 19.9 Å². The van der Waals surface area contributed by atoms with E-state index in [1.807, 2.05) is 104 Å². The molecule has 20 nitrogen and oxygen atoms in total. The van der Waals surface area contributed by atoms with Crippen molar-refractivity contribution in [1.82, 2.24) is 39.9 Å². The van der Waals surface area contributed by atoms with Gasteiger partial charge in [-0.3, -0.25) is 19.2 Å². The molecule has 0 radical (unpaired) electrons. The molecule has 90 heavy (non-hydrogen) atoms. The van der Waals surface area contributed by atoms with Crippen LogP contribution in [-0.4, -0.2) is 105 Å². The lowest BCUT2D eigenvalue weighted by molar-refractivity contribution is -0.137. The fraction of sp³-hybridized carbons (Fsp3) is 0.353. The maximum Gasteiger partial charge on any atom is 0.303 e. The molecular weight excluding hydrogens is 1190 g/mol. The Morgan fingerprint density at radius 3 is 0.711 bits per heavy atom. The summed E-state index contributed by atoms with van der Waals surface area (Å²) in [5, 5.41) is 81.0. The number of aliphatic hydroxyl groups is 4. The number of H-pyrrole nitrogens is 4. The maximum absolute atomic E-state index is 11.6. The zero-order valence-corrected chi connectivity index (χ0v) is 54.0. The van der Waals surface area contributed by atoms with Gasteiger partial charge in [-0.25, -0.2) is 19.9 Å². The van der Waals surface area contributed by atoms with E-state index < -0.39 is 48.3 Å². The molecule has 0 fully saturated rings. The van der Waals surface area contributed by atoms with Crippen LogP contribution < -0.4 is 0 Å². The molecule has 10 rings (SSSR count). The summed E-state index contributed by atoms with van der Waals surface area (Å²) in [4.78, 5) is 79.7. The fourth-order valence-corrected chi connectivity index (χ4v) is 12.6. The highest BCUT2D eigenvalue weighted by Gasteiger charge is 2.27. The third-order valence-electron chi connectivity index (χ3n) is 17.3. The van der Waals surface area contributed by atoms with Crippen molar-refractivity contribution in [3.8, 4) is 0 Å². The van der Waals surface area contributed by atoms with Gasteiger partial charge in [0.15, 0.2) is 0 Å². The number of allylic oxidation sites excluding steroid dienone is 8. The lowest BCUT2D eigenvalue weighted by atomic mass is 9.98. The second-order valence-corrected chi connectivity index (χ2v) is 23.3. The molecule has 12 N–H and O–H groups in total. The molecule has 4 aliphatic heterocycles. The van der Waals surface area contributed by atoms with E-state index in [4.69, 9.17) is 19.9 Å². The van der Waals surface area contributed by atoms with Crippen LogP contribution in [0.5, 0.6) is 0 Å². The van der Waals surface area contributed by atoms with Crippen LogP contribution in [-0.2, 0) is 19.2 Å². The van der Waals surface area contributed by atoms with E-state index >= 15 is 0 Å². The van der Waals surface area contributed by atoms with Crippen molar-refractivity contribution in [2.24, 2.45) is 0 Å². The molecule has 4 atom stereocenters. The predicted octanol–water partition coefficient (Wildman–Crippen LogP) is 14.1. The van der Waals surface area contributed by atoms with Crippen molar-refractivity contribution in [2.75, 3.05) is 0 Å². The lowest BCUT2D eigenvalue weighted by Gasteiger charge is -2.05. The summed E-state index contributed by atoms with van der Waals surface area (Å²) in [7, 11) is 0. The first-order chi connectivity index (χ1) is 41.5. The molecule has 10 heterocycles. The Balaban J connectivity index is 0.000000250. The largest absolute Gasteiger partial charge is 0.481 e. The van der Waals surface area contributed by atoms with Crippen molar-refractivity contribution in [1.29, 1.82) is 0 Å². The quantitative estimate of drug-likeness (QED) is 0.0428. The number of carbonyl (C=O) groups is 4. The number of aromatic nitrogens is 8. The Morgan fingerprint density at radius 2 is 0.511 bits per heavy atom. The van der Waals surface area contributed by atoms with Crippen LogP contribution in [0.1, 0.15) is 221 Å². The minimum atomic E-state index is -0.921. The van der Waals surface area contributed by atoms with Gasteiger partial charge >= 0.3 is 23.9 Å². The predicted molar refractivity (Wildman–Crippen MR) is 355 cm³/mol. The zero-order valence-electron chi connectivity index (χ0n) is 52.4. The maximum atomic E-state index is 11.6. The normalized spacial score (nSPS) is 14.4. The van der Waals surface area contributed by atoms with Crippen LogP contribution in [0.2, 0.25) is 0 Å². The van der Waals surface area contributed by atoms with Crippen LogP contribution in [0.25, 0.3) is 88.7 Å². The molecular formula is C68H78Cl2N8O12. The molecule has 0 saturated heterocycles. The number of nitrogens with one attached hydrogen (secondary N) is 4. The molecule has 6 aromatic rings. The van der Waals surface area contributed by atoms with Gasteiger partial charge in [0, 0.05) is 92.1 Å². The van der Waals surface area contributed by atoms with Crippen LogP contribution in [0, 0.1) is 27.7 Å². The van der Waals surface area contributed by atoms with Crippen molar-refractivity contribution in [3.05, 3.63) is 139 Å². The second-order valence-electron chi connectivity index (χ2n) is 23.3. The first-order valence-corrected chi connectivity index (χ1v) is 29.4. The van der Waals surface area contributed by atoms with Gasteiger partial charge in [0.25, 0.3) is 0 Å². The first kappa shape index (κ1) is 69.0. The van der Waals surface area contributed by atoms with Gasteiger partial charge in [-0.05, 0) is 224 Å². The summed E-state index contributed by atoms with van der Waals surface area (Å²) < 4.78 is 0. The number of carboxylic acid groups (broad SMARTS) is 4. The van der Waals surface area contributed by atoms with Crippen molar-refractivity contribution < 1.29 is 60.0 Å². The van der Waals surface area contributed by atoms with E-state index in [0.29, 0.717) is 78.7 Å². The molecule has 4 unspecified atom stereocenters. The number of aliphatic carboxylic acids is 4. The standard InChI is InChI=1S/2C34H38N4O6.2ClH/c2*1-15-21(7-9-31(41)42)27-14-28-22(8-10-32(43)44)16(2)24(36-28)12-29-34(20(6)40)18(4)26(38-29)13-30-33(19(5)39)17(3)25(37-30)11-23(15)35-27;;/h2*11-14,19-20,37-40H,7-10H2,1-6H3,(H,41,42)(H,43,44);2*1H. The molecule has 16 bridgehead atoms. The average Bonchev–Trinajstić information content (AvgIpc) is 1.68. The number of nitrogens with zero attached hydrogens (tertiary/aromatic N) is 4. The van der Waals surface area contributed by atoms with Gasteiger partial charge in [0.2, 0.25) is 0 Å². The van der Waals surface area contributed by atoms with Gasteiger partial charge in [-0.15, -0.1) is 24.8 Å². The van der Waals surface area contributed by atoms with Crippen molar-refractivity contribution in [3.63, 3.8) is 0 Å². The topological polar surface area (TPSA) is 345 Å². The summed E-state index contributed by atoms with van der Waals surface area (Å²) >= 11 is 0. The van der Waals surface area contributed by atoms with Crippen LogP contribution in [0.3, 0.4) is 0 Å². The molecule has 0 aromatic carbocycles. The molecule has 0 aliphatic carbocycles. The highest BCUT2D eigenvalue weighted by Crippen LogP contribution is 2.42. The van der Waals surface area contributed by atoms with Gasteiger partial charge in [-0.1, -0.05) is 0 Å². The molecule has 0 amide bonds. The number of rotatable bonds is 16. The van der Waals surface area contributed by atoms with E-state index in [-0.39, 0.29) is 76.2 Å². The van der Waals surface area contributed by atoms with Gasteiger partial charge in [0.1, 0.15) is 0 Å². The fourth-order valence-electron chi connectivity index (χ4n) is 12.6. The second kappa shape index (κ2) is 27.7. The number of aliphatic hydroxyl groups excluding tert-OH is 4. The number of aryl methyl sites for hydroxylation is 4. The summed E-state index contributed by atoms with van der Waals surface area (Å²) in [5.41, 5.74) is 23.5. The lowest BCUT2D eigenvalue weighted by Crippen LogP contribution is -1.97. The Morgan fingerprint density at radius 1 is 0.322 bits per heavy atom. The number of hydrogen-bond acceptors (Lipinski definition) is 12. The Labute approximate surface area is 532 Å². The number of aromatic amines is 4. The number of halogens is 2. The molecule has 22 heteroatoms. The van der Waals surface area contributed by atoms with Gasteiger partial charge in [-0.2, -0.15) is 0 Å². The monoisotopic (exact) mass is 1270 g/mol. The highest BCUT2D eigenvalue weighted by molar-refractivity contribution is 5.99. The summed E-state index contributed by atoms with van der Waals surface area (Å²) in [6.07, 6.45) is -2.36. The van der Waals surface area contributed by atoms with Crippen LogP contribution in [0.15, 0.2) is 48.5 Å². The van der Waals surface area contributed by atoms with Crippen LogP contribution in [0.4, 0.5) is 0 Å². The van der Waals surface area contributed by atoms with Crippen molar-refractivity contribution >= 4 is 137 Å². The summed E-state index contributed by atoms with van der Waals surface area (Å²) in [6.45, 7) is 22.2. The Hall–Kier alpha value is -8.50. The molecule has 6 aromatic heterocycles. The number of carboxylic acids is 4. The van der Waals surface area contributed by atoms with E-state index in [1.54, 1.807) is 27.7 Å².